The maximum atomic E-state index is 9.42. The molecule has 2 aliphatic rings. The Morgan fingerprint density at radius 3 is 2.45 bits per heavy atom. The van der Waals surface area contributed by atoms with E-state index in [0.717, 1.165) is 54.2 Å². The molecule has 2 aliphatic heterocycles. The van der Waals surface area contributed by atoms with Gasteiger partial charge in [-0.1, -0.05) is 0 Å². The van der Waals surface area contributed by atoms with Crippen molar-refractivity contribution >= 4 is 29.2 Å². The summed E-state index contributed by atoms with van der Waals surface area (Å²) in [7, 11) is 0. The van der Waals surface area contributed by atoms with Crippen LogP contribution in [0.3, 0.4) is 0 Å². The van der Waals surface area contributed by atoms with Crippen molar-refractivity contribution in [1.82, 2.24) is 14.9 Å². The van der Waals surface area contributed by atoms with E-state index in [4.69, 9.17) is 9.47 Å². The monoisotopic (exact) mass is 454 g/mol. The zero-order valence-corrected chi connectivity index (χ0v) is 18.8. The van der Waals surface area contributed by atoms with Crippen molar-refractivity contribution in [3.63, 3.8) is 0 Å². The molecule has 0 aliphatic carbocycles. The highest BCUT2D eigenvalue weighted by Gasteiger charge is 2.26. The first kappa shape index (κ1) is 21.6. The summed E-state index contributed by atoms with van der Waals surface area (Å²) in [5.74, 6) is 2.11. The lowest BCUT2D eigenvalue weighted by atomic mass is 10.1. The molecule has 0 amide bonds. The number of ether oxygens (including phenoxy) is 2. The summed E-state index contributed by atoms with van der Waals surface area (Å²) in [5, 5.41) is 20.2. The Morgan fingerprint density at radius 1 is 1.00 bits per heavy atom. The van der Waals surface area contributed by atoms with Gasteiger partial charge in [-0.3, -0.25) is 4.90 Å². The van der Waals surface area contributed by atoms with Crippen LogP contribution in [0, 0.1) is 22.7 Å². The quantitative estimate of drug-likeness (QED) is 0.478. The number of fused-ring (bicyclic) bond motifs is 1. The van der Waals surface area contributed by atoms with E-state index in [-0.39, 0.29) is 0 Å². The maximum Gasteiger partial charge on any atom is 0.186 e. The van der Waals surface area contributed by atoms with E-state index in [1.807, 2.05) is 18.4 Å². The van der Waals surface area contributed by atoms with Crippen LogP contribution < -0.4 is 14.4 Å². The first-order valence-corrected chi connectivity index (χ1v) is 12.2. The third-order valence-electron chi connectivity index (χ3n) is 5.23. The van der Waals surface area contributed by atoms with Gasteiger partial charge in [-0.15, -0.1) is 23.5 Å². The second-order valence-corrected chi connectivity index (χ2v) is 8.83. The molecule has 8 nitrogen and oxygen atoms in total. The summed E-state index contributed by atoms with van der Waals surface area (Å²) in [4.78, 5) is 13.2. The second kappa shape index (κ2) is 10.1. The van der Waals surface area contributed by atoms with Gasteiger partial charge in [0, 0.05) is 38.5 Å². The van der Waals surface area contributed by atoms with E-state index in [1.54, 1.807) is 11.8 Å². The lowest BCUT2D eigenvalue weighted by molar-refractivity contribution is 0.171. The number of benzene rings is 1. The number of anilines is 1. The maximum absolute atomic E-state index is 9.42. The number of aromatic nitrogens is 2. The van der Waals surface area contributed by atoms with Gasteiger partial charge in [-0.05, 0) is 18.4 Å². The van der Waals surface area contributed by atoms with Crippen LogP contribution in [0.25, 0.3) is 0 Å². The molecule has 3 heterocycles. The normalized spacial score (nSPS) is 15.9. The molecule has 0 radical (unpaired) electrons. The molecule has 10 heteroatoms. The molecule has 2 aromatic rings. The Morgan fingerprint density at radius 2 is 1.74 bits per heavy atom. The van der Waals surface area contributed by atoms with Crippen molar-refractivity contribution < 1.29 is 9.47 Å². The van der Waals surface area contributed by atoms with Gasteiger partial charge >= 0.3 is 0 Å². The molecular formula is C21H22N6O2S2. The third kappa shape index (κ3) is 4.67. The highest BCUT2D eigenvalue weighted by Crippen LogP contribution is 2.42. The van der Waals surface area contributed by atoms with Crippen LogP contribution in [-0.4, -0.2) is 72.8 Å². The fourth-order valence-electron chi connectivity index (χ4n) is 3.66. The molecule has 0 N–H and O–H groups in total. The summed E-state index contributed by atoms with van der Waals surface area (Å²) in [6.45, 7) is 5.50. The fourth-order valence-corrected chi connectivity index (χ4v) is 5.17. The lowest BCUT2D eigenvalue weighted by Gasteiger charge is -2.37. The zero-order valence-electron chi connectivity index (χ0n) is 17.2. The van der Waals surface area contributed by atoms with Crippen LogP contribution in [0.1, 0.15) is 11.1 Å². The molecule has 0 bridgehead atoms. The summed E-state index contributed by atoms with van der Waals surface area (Å²) in [5.41, 5.74) is 2.07. The van der Waals surface area contributed by atoms with Crippen molar-refractivity contribution in [2.45, 2.75) is 10.1 Å². The van der Waals surface area contributed by atoms with Crippen LogP contribution in [0.2, 0.25) is 0 Å². The molecule has 0 unspecified atom stereocenters. The lowest BCUT2D eigenvalue weighted by Crippen LogP contribution is -2.47. The summed E-state index contributed by atoms with van der Waals surface area (Å²) >= 11 is 3.07. The number of hydrogen-bond donors (Lipinski definition) is 0. The number of thioether (sulfide) groups is 2. The average Bonchev–Trinajstić information content (AvgIpc) is 2.83. The number of hydrogen-bond acceptors (Lipinski definition) is 10. The summed E-state index contributed by atoms with van der Waals surface area (Å²) < 4.78 is 11.6. The minimum atomic E-state index is 0.467. The molecule has 0 spiro atoms. The topological polar surface area (TPSA) is 98.3 Å². The zero-order chi connectivity index (χ0) is 21.6. The molecule has 1 fully saturated rings. The predicted octanol–water partition coefficient (Wildman–Crippen LogP) is 2.63. The molecule has 1 saturated heterocycles. The highest BCUT2D eigenvalue weighted by atomic mass is 32.2. The molecular weight excluding hydrogens is 432 g/mol. The average molecular weight is 455 g/mol. The minimum absolute atomic E-state index is 0.467. The van der Waals surface area contributed by atoms with Crippen LogP contribution in [0.15, 0.2) is 28.5 Å². The first-order chi connectivity index (χ1) is 15.2. The SMILES string of the molecule is CSc1ncnc(SCCN2CCN(c3ccc(C#N)c4c3OCCO4)CC2)c1C#N. The molecule has 1 aromatic carbocycles. The third-order valence-corrected chi connectivity index (χ3v) is 6.90. The van der Waals surface area contributed by atoms with Gasteiger partial charge in [-0.2, -0.15) is 10.5 Å². The Hall–Kier alpha value is -2.66. The molecule has 0 atom stereocenters. The predicted molar refractivity (Wildman–Crippen MR) is 120 cm³/mol. The van der Waals surface area contributed by atoms with E-state index in [2.05, 4.69) is 31.9 Å². The Balaban J connectivity index is 1.33. The van der Waals surface area contributed by atoms with Gasteiger partial charge in [0.05, 0.1) is 11.3 Å². The second-order valence-electron chi connectivity index (χ2n) is 6.95. The molecule has 4 rings (SSSR count). The van der Waals surface area contributed by atoms with E-state index < -0.39 is 0 Å². The van der Waals surface area contributed by atoms with Crippen LogP contribution in [0.4, 0.5) is 5.69 Å². The van der Waals surface area contributed by atoms with Crippen LogP contribution >= 0.6 is 23.5 Å². The molecule has 160 valence electrons. The first-order valence-electron chi connectivity index (χ1n) is 9.97. The van der Waals surface area contributed by atoms with Crippen LogP contribution in [0.5, 0.6) is 11.5 Å². The van der Waals surface area contributed by atoms with E-state index in [0.29, 0.717) is 35.8 Å². The van der Waals surface area contributed by atoms with E-state index in [1.165, 1.54) is 18.1 Å². The fraction of sp³-hybridized carbons (Fsp3) is 0.429. The van der Waals surface area contributed by atoms with Gasteiger partial charge in [0.15, 0.2) is 11.5 Å². The van der Waals surface area contributed by atoms with Gasteiger partial charge in [0.2, 0.25) is 0 Å². The number of piperazine rings is 1. The molecule has 0 saturated carbocycles. The largest absolute Gasteiger partial charge is 0.485 e. The standard InChI is InChI=1S/C21H22N6O2S2/c1-30-20-16(13-23)21(25-14-24-20)31-11-8-26-4-6-27(7-5-26)17-3-2-15(12-22)18-19(17)29-10-9-28-18/h2-3,14H,4-11H2,1H3. The van der Waals surface area contributed by atoms with Gasteiger partial charge in [0.25, 0.3) is 0 Å². The Labute approximate surface area is 190 Å². The van der Waals surface area contributed by atoms with Gasteiger partial charge in [0.1, 0.15) is 47.3 Å². The van der Waals surface area contributed by atoms with Crippen molar-refractivity contribution in [1.29, 1.82) is 10.5 Å². The number of nitriles is 2. The summed E-state index contributed by atoms with van der Waals surface area (Å²) in [6.07, 6.45) is 3.44. The van der Waals surface area contributed by atoms with Crippen molar-refractivity contribution in [2.24, 2.45) is 0 Å². The van der Waals surface area contributed by atoms with Crippen molar-refractivity contribution in [3.05, 3.63) is 29.6 Å². The number of rotatable bonds is 6. The molecule has 31 heavy (non-hydrogen) atoms. The Kier molecular flexibility index (Phi) is 7.03. The Bertz CT molecular complexity index is 1030. The van der Waals surface area contributed by atoms with E-state index in [9.17, 15) is 10.5 Å². The number of nitrogens with zero attached hydrogens (tertiary/aromatic N) is 6. The van der Waals surface area contributed by atoms with Crippen molar-refractivity contribution in [3.8, 4) is 23.6 Å². The van der Waals surface area contributed by atoms with Gasteiger partial charge < -0.3 is 14.4 Å². The molecule has 1 aromatic heterocycles. The van der Waals surface area contributed by atoms with Crippen LogP contribution in [-0.2, 0) is 0 Å². The highest BCUT2D eigenvalue weighted by molar-refractivity contribution is 7.99. The smallest absolute Gasteiger partial charge is 0.186 e. The van der Waals surface area contributed by atoms with E-state index >= 15 is 0 Å². The van der Waals surface area contributed by atoms with Gasteiger partial charge in [-0.25, -0.2) is 9.97 Å². The minimum Gasteiger partial charge on any atom is -0.485 e. The van der Waals surface area contributed by atoms with Crippen molar-refractivity contribution in [2.75, 3.05) is 62.8 Å². The summed E-state index contributed by atoms with van der Waals surface area (Å²) in [6, 6.07) is 8.18.